The summed E-state index contributed by atoms with van der Waals surface area (Å²) < 4.78 is 5.55. The van der Waals surface area contributed by atoms with Gasteiger partial charge in [-0.2, -0.15) is 0 Å². The highest BCUT2D eigenvalue weighted by Gasteiger charge is 2.28. The van der Waals surface area contributed by atoms with Crippen molar-refractivity contribution in [3.63, 3.8) is 0 Å². The fourth-order valence-corrected chi connectivity index (χ4v) is 2.24. The number of hydrogen-bond donors (Lipinski definition) is 2. The summed E-state index contributed by atoms with van der Waals surface area (Å²) in [7, 11) is 0. The molecule has 0 atom stereocenters. The molecule has 0 bridgehead atoms. The molecule has 1 heterocycles. The zero-order valence-corrected chi connectivity index (χ0v) is 10.2. The highest BCUT2D eigenvalue weighted by Crippen LogP contribution is 2.26. The Morgan fingerprint density at radius 2 is 2.18 bits per heavy atom. The van der Waals surface area contributed by atoms with Crippen molar-refractivity contribution >= 4 is 0 Å². The van der Waals surface area contributed by atoms with Crippen LogP contribution in [-0.2, 0) is 0 Å². The molecule has 1 fully saturated rings. The zero-order valence-electron chi connectivity index (χ0n) is 10.2. The Kier molecular flexibility index (Phi) is 3.47. The number of nitrogens with zero attached hydrogens (tertiary/aromatic N) is 1. The molecule has 5 heteroatoms. The minimum absolute atomic E-state index is 0.192. The van der Waals surface area contributed by atoms with E-state index in [0.717, 1.165) is 25.7 Å². The van der Waals surface area contributed by atoms with E-state index in [-0.39, 0.29) is 11.1 Å². The number of aromatic amines is 1. The van der Waals surface area contributed by atoms with E-state index in [0.29, 0.717) is 18.3 Å². The van der Waals surface area contributed by atoms with Gasteiger partial charge in [-0.1, -0.05) is 19.3 Å². The van der Waals surface area contributed by atoms with E-state index >= 15 is 0 Å². The first-order chi connectivity index (χ1) is 8.07. The number of aromatic nitrogens is 2. The first-order valence-electron chi connectivity index (χ1n) is 6.07. The van der Waals surface area contributed by atoms with Gasteiger partial charge in [-0.05, 0) is 19.8 Å². The Morgan fingerprint density at radius 1 is 1.47 bits per heavy atom. The van der Waals surface area contributed by atoms with Crippen LogP contribution in [0.15, 0.2) is 10.9 Å². The summed E-state index contributed by atoms with van der Waals surface area (Å²) >= 11 is 0. The molecule has 2 rings (SSSR count). The number of hydrogen-bond acceptors (Lipinski definition) is 4. The van der Waals surface area contributed by atoms with Crippen LogP contribution in [0.1, 0.15) is 37.9 Å². The molecule has 0 aromatic carbocycles. The van der Waals surface area contributed by atoms with Crippen LogP contribution in [0, 0.1) is 6.92 Å². The molecule has 0 amide bonds. The van der Waals surface area contributed by atoms with E-state index in [4.69, 9.17) is 10.5 Å². The van der Waals surface area contributed by atoms with Gasteiger partial charge in [0.1, 0.15) is 12.4 Å². The molecule has 1 saturated carbocycles. The Hall–Kier alpha value is -1.36. The van der Waals surface area contributed by atoms with E-state index in [2.05, 4.69) is 9.97 Å². The Labute approximate surface area is 100 Å². The molecule has 3 N–H and O–H groups in total. The van der Waals surface area contributed by atoms with Crippen molar-refractivity contribution in [2.24, 2.45) is 5.73 Å². The van der Waals surface area contributed by atoms with E-state index in [1.165, 1.54) is 12.5 Å². The summed E-state index contributed by atoms with van der Waals surface area (Å²) in [6.45, 7) is 2.16. The van der Waals surface area contributed by atoms with Gasteiger partial charge in [0.05, 0.1) is 11.6 Å². The monoisotopic (exact) mass is 237 g/mol. The van der Waals surface area contributed by atoms with Crippen molar-refractivity contribution in [3.8, 4) is 5.88 Å². The minimum Gasteiger partial charge on any atom is -0.476 e. The average molecular weight is 237 g/mol. The molecule has 1 aromatic heterocycles. The highest BCUT2D eigenvalue weighted by molar-refractivity contribution is 5.08. The second-order valence-electron chi connectivity index (χ2n) is 4.88. The second-order valence-corrected chi connectivity index (χ2v) is 4.88. The van der Waals surface area contributed by atoms with Crippen molar-refractivity contribution in [1.82, 2.24) is 9.97 Å². The molecule has 0 radical (unpaired) electrons. The lowest BCUT2D eigenvalue weighted by atomic mass is 9.83. The smallest absolute Gasteiger partial charge is 0.254 e. The normalized spacial score (nSPS) is 18.9. The van der Waals surface area contributed by atoms with Crippen molar-refractivity contribution in [1.29, 1.82) is 0 Å². The molecule has 17 heavy (non-hydrogen) atoms. The SMILES string of the molecule is Cc1nc(OCC2(N)CCCCC2)cc(=O)[nH]1. The van der Waals surface area contributed by atoms with Crippen LogP contribution in [-0.4, -0.2) is 22.1 Å². The minimum atomic E-state index is -0.254. The first kappa shape index (κ1) is 12.1. The van der Waals surface area contributed by atoms with Crippen molar-refractivity contribution in [2.45, 2.75) is 44.6 Å². The molecule has 0 saturated heterocycles. The van der Waals surface area contributed by atoms with Gasteiger partial charge < -0.3 is 15.5 Å². The van der Waals surface area contributed by atoms with Gasteiger partial charge in [0.15, 0.2) is 0 Å². The highest BCUT2D eigenvalue weighted by atomic mass is 16.5. The van der Waals surface area contributed by atoms with Gasteiger partial charge >= 0.3 is 0 Å². The molecular weight excluding hydrogens is 218 g/mol. The lowest BCUT2D eigenvalue weighted by Crippen LogP contribution is -2.47. The zero-order chi connectivity index (χ0) is 12.3. The number of H-pyrrole nitrogens is 1. The molecule has 1 aromatic rings. The number of aryl methyl sites for hydroxylation is 1. The predicted molar refractivity (Wildman–Crippen MR) is 65.1 cm³/mol. The standard InChI is InChI=1S/C12H19N3O2/c1-9-14-10(16)7-11(15-9)17-8-12(13)5-3-2-4-6-12/h7H,2-6,8,13H2,1H3,(H,14,15,16). The molecule has 1 aliphatic rings. The third kappa shape index (κ3) is 3.30. The maximum atomic E-state index is 11.2. The maximum Gasteiger partial charge on any atom is 0.254 e. The fraction of sp³-hybridized carbons (Fsp3) is 0.667. The van der Waals surface area contributed by atoms with Gasteiger partial charge in [-0.3, -0.25) is 4.79 Å². The van der Waals surface area contributed by atoms with Crippen LogP contribution >= 0.6 is 0 Å². The molecule has 1 aliphatic carbocycles. The Morgan fingerprint density at radius 3 is 2.82 bits per heavy atom. The summed E-state index contributed by atoms with van der Waals surface area (Å²) in [6, 6.07) is 1.36. The third-order valence-corrected chi connectivity index (χ3v) is 3.19. The maximum absolute atomic E-state index is 11.2. The molecule has 0 spiro atoms. The Bertz CT molecular complexity index is 436. The van der Waals surface area contributed by atoms with Crippen molar-refractivity contribution < 1.29 is 4.74 Å². The number of ether oxygens (including phenoxy) is 1. The van der Waals surface area contributed by atoms with Gasteiger partial charge in [0.25, 0.3) is 5.56 Å². The number of nitrogens with two attached hydrogens (primary N) is 1. The number of nitrogens with one attached hydrogen (secondary N) is 1. The van der Waals surface area contributed by atoms with Crippen LogP contribution < -0.4 is 16.0 Å². The summed E-state index contributed by atoms with van der Waals surface area (Å²) in [5, 5.41) is 0. The number of rotatable bonds is 3. The summed E-state index contributed by atoms with van der Waals surface area (Å²) in [4.78, 5) is 17.9. The van der Waals surface area contributed by atoms with E-state index in [1.54, 1.807) is 6.92 Å². The van der Waals surface area contributed by atoms with Crippen LogP contribution in [0.25, 0.3) is 0 Å². The third-order valence-electron chi connectivity index (χ3n) is 3.19. The van der Waals surface area contributed by atoms with Crippen LogP contribution in [0.3, 0.4) is 0 Å². The van der Waals surface area contributed by atoms with Crippen molar-refractivity contribution in [3.05, 3.63) is 22.2 Å². The molecule has 0 aliphatic heterocycles. The van der Waals surface area contributed by atoms with E-state index in [1.807, 2.05) is 0 Å². The van der Waals surface area contributed by atoms with Crippen LogP contribution in [0.5, 0.6) is 5.88 Å². The summed E-state index contributed by atoms with van der Waals surface area (Å²) in [5.41, 5.74) is 5.80. The van der Waals surface area contributed by atoms with Crippen LogP contribution in [0.2, 0.25) is 0 Å². The molecule has 0 unspecified atom stereocenters. The predicted octanol–water partition coefficient (Wildman–Crippen LogP) is 1.12. The Balaban J connectivity index is 1.99. The molecule has 5 nitrogen and oxygen atoms in total. The van der Waals surface area contributed by atoms with E-state index in [9.17, 15) is 4.79 Å². The molecule has 94 valence electrons. The van der Waals surface area contributed by atoms with E-state index < -0.39 is 0 Å². The molecular formula is C12H19N3O2. The summed E-state index contributed by atoms with van der Waals surface area (Å²) in [6.07, 6.45) is 5.52. The van der Waals surface area contributed by atoms with Gasteiger partial charge in [0.2, 0.25) is 5.88 Å². The largest absolute Gasteiger partial charge is 0.476 e. The van der Waals surface area contributed by atoms with Crippen LogP contribution in [0.4, 0.5) is 0 Å². The fourth-order valence-electron chi connectivity index (χ4n) is 2.24. The topological polar surface area (TPSA) is 81.0 Å². The average Bonchev–Trinajstić information content (AvgIpc) is 2.26. The van der Waals surface area contributed by atoms with Gasteiger partial charge in [-0.15, -0.1) is 0 Å². The van der Waals surface area contributed by atoms with Crippen molar-refractivity contribution in [2.75, 3.05) is 6.61 Å². The lowest BCUT2D eigenvalue weighted by Gasteiger charge is -2.32. The van der Waals surface area contributed by atoms with Gasteiger partial charge in [0, 0.05) is 0 Å². The lowest BCUT2D eigenvalue weighted by molar-refractivity contribution is 0.168. The summed E-state index contributed by atoms with van der Waals surface area (Å²) in [5.74, 6) is 0.920. The first-order valence-corrected chi connectivity index (χ1v) is 6.07. The van der Waals surface area contributed by atoms with Gasteiger partial charge in [-0.25, -0.2) is 4.98 Å². The quantitative estimate of drug-likeness (QED) is 0.825. The second kappa shape index (κ2) is 4.87.